The molecule has 0 aromatic heterocycles. The summed E-state index contributed by atoms with van der Waals surface area (Å²) in [6.07, 6.45) is -2.68. The number of ether oxygens (including phenoxy) is 3. The van der Waals surface area contributed by atoms with Crippen LogP contribution in [0.4, 0.5) is 13.2 Å². The number of rotatable bonds is 5. The van der Waals surface area contributed by atoms with Crippen molar-refractivity contribution in [3.05, 3.63) is 29.3 Å². The molecule has 1 N–H and O–H groups in total. The van der Waals surface area contributed by atoms with Crippen molar-refractivity contribution in [3.63, 3.8) is 0 Å². The van der Waals surface area contributed by atoms with Gasteiger partial charge in [-0.2, -0.15) is 13.2 Å². The fourth-order valence-corrected chi connectivity index (χ4v) is 3.81. The van der Waals surface area contributed by atoms with Gasteiger partial charge in [0.2, 0.25) is 0 Å². The molecule has 31 heavy (non-hydrogen) atoms. The van der Waals surface area contributed by atoms with Crippen LogP contribution in [0.3, 0.4) is 0 Å². The molecule has 2 saturated heterocycles. The average molecular weight is 557 g/mol. The Morgan fingerprint density at radius 1 is 1.26 bits per heavy atom. The zero-order chi connectivity index (χ0) is 21.7. The first-order valence-corrected chi connectivity index (χ1v) is 10.3. The molecule has 1 aromatic carbocycles. The molecule has 0 bridgehead atoms. The van der Waals surface area contributed by atoms with Crippen molar-refractivity contribution in [1.29, 1.82) is 0 Å². The fourth-order valence-electron chi connectivity index (χ4n) is 3.81. The standard InChI is InChI=1S/C21H30F3N3O3.HI/c1-14(2)30-16-7-6-15(17(11-16)21(22,23)24)12-26-20(25-3)27-8-10-29-19(13-27)18-5-4-9-28-18;/h6-7,11,14,18-19H,4-5,8-10,12-13H2,1-3H3,(H,25,26);1H. The Morgan fingerprint density at radius 2 is 2.00 bits per heavy atom. The molecular formula is C21H31F3IN3O3. The van der Waals surface area contributed by atoms with Gasteiger partial charge in [-0.05, 0) is 44.4 Å². The molecule has 2 atom stereocenters. The van der Waals surface area contributed by atoms with Crippen molar-refractivity contribution in [3.8, 4) is 5.75 Å². The summed E-state index contributed by atoms with van der Waals surface area (Å²) < 4.78 is 57.8. The topological polar surface area (TPSA) is 55.3 Å². The van der Waals surface area contributed by atoms with E-state index in [9.17, 15) is 13.2 Å². The Hall–Kier alpha value is -1.27. The van der Waals surface area contributed by atoms with E-state index in [0.717, 1.165) is 25.5 Å². The highest BCUT2D eigenvalue weighted by atomic mass is 127. The number of benzene rings is 1. The molecule has 0 amide bonds. The third kappa shape index (κ3) is 7.11. The molecule has 3 rings (SSSR count). The molecule has 2 fully saturated rings. The second kappa shape index (κ2) is 11.6. The summed E-state index contributed by atoms with van der Waals surface area (Å²) in [6, 6.07) is 4.08. The number of morpholine rings is 1. The number of hydrogen-bond donors (Lipinski definition) is 1. The highest BCUT2D eigenvalue weighted by molar-refractivity contribution is 14.0. The first kappa shape index (κ1) is 26.0. The molecule has 6 nitrogen and oxygen atoms in total. The highest BCUT2D eigenvalue weighted by Gasteiger charge is 2.35. The van der Waals surface area contributed by atoms with E-state index in [0.29, 0.717) is 25.7 Å². The summed E-state index contributed by atoms with van der Waals surface area (Å²) >= 11 is 0. The van der Waals surface area contributed by atoms with Crippen molar-refractivity contribution in [1.82, 2.24) is 10.2 Å². The Balaban J connectivity index is 0.00000341. The maximum absolute atomic E-state index is 13.6. The van der Waals surface area contributed by atoms with Crippen LogP contribution >= 0.6 is 24.0 Å². The lowest BCUT2D eigenvalue weighted by Crippen LogP contribution is -2.53. The van der Waals surface area contributed by atoms with Gasteiger partial charge in [-0.25, -0.2) is 0 Å². The molecule has 2 heterocycles. The van der Waals surface area contributed by atoms with Crippen LogP contribution in [0.25, 0.3) is 0 Å². The van der Waals surface area contributed by atoms with E-state index in [1.165, 1.54) is 6.07 Å². The van der Waals surface area contributed by atoms with E-state index in [4.69, 9.17) is 14.2 Å². The molecule has 176 valence electrons. The van der Waals surface area contributed by atoms with E-state index in [1.54, 1.807) is 27.0 Å². The van der Waals surface area contributed by atoms with Crippen LogP contribution in [0.2, 0.25) is 0 Å². The third-order valence-corrected chi connectivity index (χ3v) is 5.18. The number of nitrogens with zero attached hydrogens (tertiary/aromatic N) is 2. The number of guanidine groups is 1. The molecule has 10 heteroatoms. The van der Waals surface area contributed by atoms with Gasteiger partial charge in [-0.1, -0.05) is 6.07 Å². The van der Waals surface area contributed by atoms with Crippen LogP contribution in [-0.2, 0) is 22.2 Å². The molecule has 2 unspecified atom stereocenters. The first-order valence-electron chi connectivity index (χ1n) is 10.3. The predicted octanol–water partition coefficient (Wildman–Crippen LogP) is 4.07. The predicted molar refractivity (Wildman–Crippen MR) is 123 cm³/mol. The van der Waals surface area contributed by atoms with Crippen LogP contribution in [0, 0.1) is 0 Å². The lowest BCUT2D eigenvalue weighted by Gasteiger charge is -2.37. The van der Waals surface area contributed by atoms with E-state index >= 15 is 0 Å². The monoisotopic (exact) mass is 557 g/mol. The van der Waals surface area contributed by atoms with Gasteiger partial charge < -0.3 is 24.4 Å². The highest BCUT2D eigenvalue weighted by Crippen LogP contribution is 2.34. The summed E-state index contributed by atoms with van der Waals surface area (Å²) in [4.78, 5) is 6.28. The van der Waals surface area contributed by atoms with Gasteiger partial charge in [-0.15, -0.1) is 24.0 Å². The molecule has 0 aliphatic carbocycles. The fraction of sp³-hybridized carbons (Fsp3) is 0.667. The summed E-state index contributed by atoms with van der Waals surface area (Å²) in [5, 5.41) is 3.08. The van der Waals surface area contributed by atoms with Crippen LogP contribution in [-0.4, -0.2) is 62.5 Å². The summed E-state index contributed by atoms with van der Waals surface area (Å²) in [5.74, 6) is 0.759. The Morgan fingerprint density at radius 3 is 2.61 bits per heavy atom. The van der Waals surface area contributed by atoms with Crippen molar-refractivity contribution in [2.75, 3.05) is 33.4 Å². The molecular weight excluding hydrogens is 526 g/mol. The van der Waals surface area contributed by atoms with E-state index in [2.05, 4.69) is 10.3 Å². The van der Waals surface area contributed by atoms with E-state index < -0.39 is 11.7 Å². The molecule has 1 aromatic rings. The lowest BCUT2D eigenvalue weighted by molar-refractivity contribution is -0.138. The van der Waals surface area contributed by atoms with Gasteiger partial charge in [0, 0.05) is 33.3 Å². The Labute approximate surface area is 198 Å². The Kier molecular flexibility index (Phi) is 9.68. The maximum Gasteiger partial charge on any atom is 0.416 e. The van der Waals surface area contributed by atoms with Gasteiger partial charge >= 0.3 is 6.18 Å². The minimum atomic E-state index is -4.47. The number of halogens is 4. The molecule has 2 aliphatic rings. The van der Waals surface area contributed by atoms with E-state index in [1.807, 2.05) is 4.90 Å². The zero-order valence-corrected chi connectivity index (χ0v) is 20.4. The quantitative estimate of drug-likeness (QED) is 0.336. The molecule has 0 spiro atoms. The lowest BCUT2D eigenvalue weighted by atomic mass is 10.1. The smallest absolute Gasteiger partial charge is 0.416 e. The normalized spacial score (nSPS) is 22.4. The Bertz CT molecular complexity index is 740. The molecule has 0 saturated carbocycles. The van der Waals surface area contributed by atoms with E-state index in [-0.39, 0.29) is 60.1 Å². The zero-order valence-electron chi connectivity index (χ0n) is 18.1. The van der Waals surface area contributed by atoms with Crippen molar-refractivity contribution >= 4 is 29.9 Å². The van der Waals surface area contributed by atoms with Crippen molar-refractivity contribution in [2.45, 2.75) is 57.7 Å². The number of nitrogens with one attached hydrogen (secondary N) is 1. The van der Waals surface area contributed by atoms with Crippen LogP contribution in [0.1, 0.15) is 37.8 Å². The van der Waals surface area contributed by atoms with Crippen molar-refractivity contribution in [2.24, 2.45) is 4.99 Å². The minimum Gasteiger partial charge on any atom is -0.491 e. The van der Waals surface area contributed by atoms with Crippen LogP contribution in [0.5, 0.6) is 5.75 Å². The van der Waals surface area contributed by atoms with Crippen LogP contribution in [0.15, 0.2) is 23.2 Å². The largest absolute Gasteiger partial charge is 0.491 e. The SMILES string of the molecule is CN=C(NCc1ccc(OC(C)C)cc1C(F)(F)F)N1CCOC(C2CCCO2)C1.I. The number of hydrogen-bond acceptors (Lipinski definition) is 4. The van der Waals surface area contributed by atoms with Gasteiger partial charge in [0.1, 0.15) is 11.9 Å². The summed E-state index contributed by atoms with van der Waals surface area (Å²) in [5.41, 5.74) is -0.563. The van der Waals surface area contributed by atoms with Gasteiger partial charge in [0.15, 0.2) is 5.96 Å². The van der Waals surface area contributed by atoms with Gasteiger partial charge in [0.25, 0.3) is 0 Å². The average Bonchev–Trinajstić information content (AvgIpc) is 3.23. The first-order chi connectivity index (χ1) is 14.3. The summed E-state index contributed by atoms with van der Waals surface area (Å²) in [6.45, 7) is 6.05. The second-order valence-corrected chi connectivity index (χ2v) is 7.79. The van der Waals surface area contributed by atoms with Crippen LogP contribution < -0.4 is 10.1 Å². The number of aliphatic imine (C=N–C) groups is 1. The van der Waals surface area contributed by atoms with Gasteiger partial charge in [0.05, 0.1) is 24.4 Å². The molecule has 2 aliphatic heterocycles. The number of alkyl halides is 3. The third-order valence-electron chi connectivity index (χ3n) is 5.18. The maximum atomic E-state index is 13.6. The minimum absolute atomic E-state index is 0. The second-order valence-electron chi connectivity index (χ2n) is 7.79. The summed E-state index contributed by atoms with van der Waals surface area (Å²) in [7, 11) is 1.63. The van der Waals surface area contributed by atoms with Crippen molar-refractivity contribution < 1.29 is 27.4 Å². The molecule has 0 radical (unpaired) electrons. The van der Waals surface area contributed by atoms with Gasteiger partial charge in [-0.3, -0.25) is 4.99 Å².